The van der Waals surface area contributed by atoms with Crippen LogP contribution in [0.2, 0.25) is 0 Å². The van der Waals surface area contributed by atoms with E-state index in [1.807, 2.05) is 6.92 Å². The largest absolute Gasteiger partial charge is 0.416 e. The van der Waals surface area contributed by atoms with Crippen molar-refractivity contribution >= 4 is 5.91 Å². The third kappa shape index (κ3) is 4.47. The van der Waals surface area contributed by atoms with Crippen molar-refractivity contribution in [3.05, 3.63) is 53.2 Å². The van der Waals surface area contributed by atoms with Crippen LogP contribution in [0.5, 0.6) is 0 Å². The molecule has 0 radical (unpaired) electrons. The van der Waals surface area contributed by atoms with Gasteiger partial charge in [0, 0.05) is 24.6 Å². The lowest BCUT2D eigenvalue weighted by Gasteiger charge is -2.34. The molecule has 1 saturated carbocycles. The second-order valence-electron chi connectivity index (χ2n) is 7.94. The number of hydrogen-bond acceptors (Lipinski definition) is 4. The van der Waals surface area contributed by atoms with Gasteiger partial charge >= 0.3 is 6.18 Å². The molecule has 2 heterocycles. The van der Waals surface area contributed by atoms with E-state index in [2.05, 4.69) is 25.1 Å². The topological polar surface area (TPSA) is 90.6 Å². The molecule has 1 aliphatic rings. The number of alkyl halides is 3. The molecule has 0 saturated heterocycles. The zero-order valence-corrected chi connectivity index (χ0v) is 17.2. The van der Waals surface area contributed by atoms with Crippen LogP contribution in [0.15, 0.2) is 30.5 Å². The molecule has 1 aromatic carbocycles. The predicted octanol–water partition coefficient (Wildman–Crippen LogP) is 4.32. The van der Waals surface area contributed by atoms with Crippen molar-refractivity contribution < 1.29 is 18.0 Å². The molecule has 1 amide bonds. The predicted molar refractivity (Wildman–Crippen MR) is 107 cm³/mol. The first kappa shape index (κ1) is 21.1. The molecule has 3 aromatic rings. The fraction of sp³-hybridized carbons (Fsp3) is 0.429. The van der Waals surface area contributed by atoms with Crippen molar-refractivity contribution in [1.29, 1.82) is 0 Å². The second-order valence-corrected chi connectivity index (χ2v) is 7.94. The Morgan fingerprint density at radius 2 is 2.06 bits per heavy atom. The summed E-state index contributed by atoms with van der Waals surface area (Å²) < 4.78 is 39.0. The number of nitrogens with zero attached hydrogens (tertiary/aromatic N) is 4. The maximum absolute atomic E-state index is 13.0. The second kappa shape index (κ2) is 8.16. The molecule has 4 rings (SSSR count). The van der Waals surface area contributed by atoms with Crippen LogP contribution in [0.3, 0.4) is 0 Å². The maximum atomic E-state index is 13.0. The minimum absolute atomic E-state index is 0.0380. The lowest BCUT2D eigenvalue weighted by Crippen LogP contribution is -2.40. The normalized spacial score (nSPS) is 19.4. The number of halogens is 3. The first-order valence-electron chi connectivity index (χ1n) is 10.1. The number of benzene rings is 1. The van der Waals surface area contributed by atoms with Crippen LogP contribution in [0, 0.1) is 6.92 Å². The van der Waals surface area contributed by atoms with Gasteiger partial charge in [0.2, 0.25) is 0 Å². The van der Waals surface area contributed by atoms with E-state index in [9.17, 15) is 18.0 Å². The average molecular weight is 432 g/mol. The molecule has 10 heteroatoms. The molecule has 0 spiro atoms. The maximum Gasteiger partial charge on any atom is 0.416 e. The number of nitrogens with one attached hydrogen (secondary N) is 2. The Morgan fingerprint density at radius 3 is 2.77 bits per heavy atom. The molecule has 7 nitrogen and oxygen atoms in total. The van der Waals surface area contributed by atoms with Gasteiger partial charge in [0.05, 0.1) is 11.8 Å². The average Bonchev–Trinajstić information content (AvgIpc) is 3.41. The van der Waals surface area contributed by atoms with E-state index in [0.717, 1.165) is 48.7 Å². The molecule has 0 aliphatic heterocycles. The summed E-state index contributed by atoms with van der Waals surface area (Å²) in [5.41, 5.74) is -0.0586. The molecule has 31 heavy (non-hydrogen) atoms. The number of rotatable bonds is 4. The third-order valence-corrected chi connectivity index (χ3v) is 5.78. The number of amides is 1. The van der Waals surface area contributed by atoms with Gasteiger partial charge in [-0.2, -0.15) is 18.3 Å². The van der Waals surface area contributed by atoms with Crippen molar-refractivity contribution in [3.63, 3.8) is 0 Å². The zero-order valence-electron chi connectivity index (χ0n) is 17.2. The summed E-state index contributed by atoms with van der Waals surface area (Å²) in [6, 6.07) is 4.47. The van der Waals surface area contributed by atoms with Gasteiger partial charge in [0.15, 0.2) is 5.82 Å². The fourth-order valence-corrected chi connectivity index (χ4v) is 4.07. The van der Waals surface area contributed by atoms with Gasteiger partial charge in [-0.3, -0.25) is 9.89 Å². The molecule has 0 bridgehead atoms. The molecule has 2 aromatic heterocycles. The summed E-state index contributed by atoms with van der Waals surface area (Å²) >= 11 is 0. The third-order valence-electron chi connectivity index (χ3n) is 5.78. The Morgan fingerprint density at radius 1 is 1.26 bits per heavy atom. The smallest absolute Gasteiger partial charge is 0.340 e. The van der Waals surface area contributed by atoms with Gasteiger partial charge in [-0.1, -0.05) is 12.5 Å². The van der Waals surface area contributed by atoms with Crippen molar-refractivity contribution in [2.45, 2.75) is 50.7 Å². The standard InChI is InChI=1S/C21H23F3N6O/c1-12-25-11-17(26-12)19-27-18(28-29-19)13-5-4-8-16(10-13)30(2)20(31)14-6-3-7-15(9-14)21(22,23)24/h3,6-7,9,11,13,16H,4-5,8,10H2,1-2H3,(H,25,26)(H,27,28,29)/t13?,16-/m1/s1. The quantitative estimate of drug-likeness (QED) is 0.642. The van der Waals surface area contributed by atoms with E-state index >= 15 is 0 Å². The number of aromatic amines is 2. The lowest BCUT2D eigenvalue weighted by atomic mass is 9.84. The summed E-state index contributed by atoms with van der Waals surface area (Å²) in [6.45, 7) is 1.85. The SMILES string of the molecule is Cc1ncc(-c2n[nH]c(C3CCC[C@@H](N(C)C(=O)c4cccc(C(F)(F)F)c4)C3)n2)[nH]1. The Bertz CT molecular complexity index is 1070. The van der Waals surface area contributed by atoms with Crippen molar-refractivity contribution in [3.8, 4) is 11.5 Å². The molecule has 2 N–H and O–H groups in total. The summed E-state index contributed by atoms with van der Waals surface area (Å²) in [6.07, 6.45) is 0.430. The molecule has 1 fully saturated rings. The van der Waals surface area contributed by atoms with Gasteiger partial charge in [-0.05, 0) is 44.4 Å². The summed E-state index contributed by atoms with van der Waals surface area (Å²) in [5, 5.41) is 7.26. The minimum Gasteiger partial charge on any atom is -0.340 e. The van der Waals surface area contributed by atoms with Crippen molar-refractivity contribution in [2.24, 2.45) is 0 Å². The highest BCUT2D eigenvalue weighted by atomic mass is 19.4. The summed E-state index contributed by atoms with van der Waals surface area (Å²) in [7, 11) is 1.65. The summed E-state index contributed by atoms with van der Waals surface area (Å²) in [4.78, 5) is 26.3. The van der Waals surface area contributed by atoms with E-state index in [1.54, 1.807) is 18.1 Å². The number of carbonyl (C=O) groups excluding carboxylic acids is 1. The van der Waals surface area contributed by atoms with Crippen LogP contribution in [0.4, 0.5) is 13.2 Å². The van der Waals surface area contributed by atoms with E-state index < -0.39 is 17.6 Å². The Kier molecular flexibility index (Phi) is 5.55. The van der Waals surface area contributed by atoms with Crippen LogP contribution in [0.1, 0.15) is 59.2 Å². The minimum atomic E-state index is -4.48. The van der Waals surface area contributed by atoms with Crippen molar-refractivity contribution in [2.75, 3.05) is 7.05 Å². The monoisotopic (exact) mass is 432 g/mol. The number of aromatic nitrogens is 5. The summed E-state index contributed by atoms with van der Waals surface area (Å²) in [5.74, 6) is 1.72. The van der Waals surface area contributed by atoms with Gasteiger partial charge in [0.25, 0.3) is 5.91 Å². The zero-order chi connectivity index (χ0) is 22.2. The Balaban J connectivity index is 1.47. The van der Waals surface area contributed by atoms with Crippen LogP contribution in [0.25, 0.3) is 11.5 Å². The molecular weight excluding hydrogens is 409 g/mol. The van der Waals surface area contributed by atoms with Gasteiger partial charge in [-0.15, -0.1) is 0 Å². The Hall–Kier alpha value is -3.17. The first-order valence-corrected chi connectivity index (χ1v) is 10.1. The number of H-pyrrole nitrogens is 2. The van der Waals surface area contributed by atoms with Crippen molar-refractivity contribution in [1.82, 2.24) is 30.0 Å². The molecule has 1 aliphatic carbocycles. The fourth-order valence-electron chi connectivity index (χ4n) is 4.07. The molecule has 164 valence electrons. The highest BCUT2D eigenvalue weighted by Crippen LogP contribution is 2.35. The highest BCUT2D eigenvalue weighted by molar-refractivity contribution is 5.94. The van der Waals surface area contributed by atoms with Gasteiger partial charge < -0.3 is 9.88 Å². The van der Waals surface area contributed by atoms with E-state index in [0.29, 0.717) is 12.2 Å². The number of imidazole rings is 1. The molecular formula is C21H23F3N6O. The lowest BCUT2D eigenvalue weighted by molar-refractivity contribution is -0.137. The molecule has 2 atom stereocenters. The Labute approximate surface area is 177 Å². The van der Waals surface area contributed by atoms with Crippen LogP contribution < -0.4 is 0 Å². The van der Waals surface area contributed by atoms with Crippen LogP contribution >= 0.6 is 0 Å². The van der Waals surface area contributed by atoms with Crippen LogP contribution in [-0.2, 0) is 6.18 Å². The highest BCUT2D eigenvalue weighted by Gasteiger charge is 2.33. The van der Waals surface area contributed by atoms with E-state index in [1.165, 1.54) is 12.1 Å². The number of carbonyl (C=O) groups is 1. The van der Waals surface area contributed by atoms with Gasteiger partial charge in [-0.25, -0.2) is 9.97 Å². The van der Waals surface area contributed by atoms with E-state index in [4.69, 9.17) is 0 Å². The number of aryl methyl sites for hydroxylation is 1. The molecule has 1 unspecified atom stereocenters. The first-order chi connectivity index (χ1) is 14.7. The van der Waals surface area contributed by atoms with E-state index in [-0.39, 0.29) is 17.5 Å². The van der Waals surface area contributed by atoms with Crippen LogP contribution in [-0.4, -0.2) is 49.0 Å². The van der Waals surface area contributed by atoms with Gasteiger partial charge in [0.1, 0.15) is 17.3 Å². The number of hydrogen-bond donors (Lipinski definition) is 2.